The van der Waals surface area contributed by atoms with Crippen LogP contribution in [-0.2, 0) is 4.79 Å². The number of nitrogens with zero attached hydrogens (tertiary/aromatic N) is 1. The highest BCUT2D eigenvalue weighted by Crippen LogP contribution is 2.30. The zero-order valence-corrected chi connectivity index (χ0v) is 14.1. The number of hydrogen-bond acceptors (Lipinski definition) is 3. The van der Waals surface area contributed by atoms with Crippen molar-refractivity contribution in [2.24, 2.45) is 0 Å². The van der Waals surface area contributed by atoms with Crippen molar-refractivity contribution >= 4 is 23.1 Å². The predicted molar refractivity (Wildman–Crippen MR) is 96.2 cm³/mol. The first-order valence-corrected chi connectivity index (χ1v) is 7.78. The number of carbonyl (C=O) groups is 1. The van der Waals surface area contributed by atoms with E-state index >= 15 is 0 Å². The summed E-state index contributed by atoms with van der Waals surface area (Å²) in [5, 5.41) is 9.80. The quantitative estimate of drug-likeness (QED) is 0.722. The summed E-state index contributed by atoms with van der Waals surface area (Å²) >= 11 is 5.94. The summed E-state index contributed by atoms with van der Waals surface area (Å²) in [4.78, 5) is 29.9. The van der Waals surface area contributed by atoms with Gasteiger partial charge in [0.05, 0.1) is 16.8 Å². The van der Waals surface area contributed by atoms with E-state index in [1.54, 1.807) is 55.5 Å². The van der Waals surface area contributed by atoms with Crippen LogP contribution in [0.1, 0.15) is 11.1 Å². The maximum atomic E-state index is 12.8. The molecular weight excluding hydrogens is 342 g/mol. The molecule has 0 bridgehead atoms. The number of fused-ring (bicyclic) bond motifs is 1. The summed E-state index contributed by atoms with van der Waals surface area (Å²) in [6.45, 7) is 5.32. The van der Waals surface area contributed by atoms with Crippen molar-refractivity contribution in [1.29, 1.82) is 0 Å². The lowest BCUT2D eigenvalue weighted by molar-refractivity contribution is -0.130. The molecule has 1 aromatic rings. The molecule has 0 atom stereocenters. The molecule has 0 fully saturated rings. The number of halogens is 1. The monoisotopic (exact) mass is 355 g/mol. The van der Waals surface area contributed by atoms with Crippen molar-refractivity contribution in [3.8, 4) is 17.0 Å². The fourth-order valence-electron chi connectivity index (χ4n) is 2.56. The van der Waals surface area contributed by atoms with E-state index in [1.807, 2.05) is 0 Å². The Bertz CT molecular complexity index is 1020. The lowest BCUT2D eigenvalue weighted by Crippen LogP contribution is -2.23. The molecule has 1 aliphatic heterocycles. The van der Waals surface area contributed by atoms with Crippen molar-refractivity contribution in [3.05, 3.63) is 81.6 Å². The van der Waals surface area contributed by atoms with Crippen LogP contribution in [0.2, 0.25) is 5.02 Å². The van der Waals surface area contributed by atoms with Gasteiger partial charge in [0.15, 0.2) is 5.75 Å². The molecule has 0 radical (unpaired) electrons. The summed E-state index contributed by atoms with van der Waals surface area (Å²) in [7, 11) is 0. The number of benzene rings is 1. The molecule has 2 aliphatic rings. The molecule has 0 spiro atoms. The van der Waals surface area contributed by atoms with Gasteiger partial charge in [-0.2, -0.15) is 0 Å². The zero-order valence-electron chi connectivity index (χ0n) is 13.3. The van der Waals surface area contributed by atoms with E-state index in [2.05, 4.69) is 6.58 Å². The highest BCUT2D eigenvalue weighted by Gasteiger charge is 2.26. The Hall–Kier alpha value is -3.05. The van der Waals surface area contributed by atoms with Crippen LogP contribution in [0.3, 0.4) is 0 Å². The van der Waals surface area contributed by atoms with Crippen LogP contribution in [0, 0.1) is 6.92 Å². The van der Waals surface area contributed by atoms with Crippen molar-refractivity contribution in [2.75, 3.05) is 0 Å². The first-order chi connectivity index (χ1) is 11.9. The van der Waals surface area contributed by atoms with E-state index < -0.39 is 11.5 Å². The first-order valence-electron chi connectivity index (χ1n) is 7.41. The van der Waals surface area contributed by atoms with Gasteiger partial charge in [0.1, 0.15) is 0 Å². The van der Waals surface area contributed by atoms with E-state index in [1.165, 1.54) is 0 Å². The second-order valence-electron chi connectivity index (χ2n) is 5.47. The minimum atomic E-state index is -1.26. The van der Waals surface area contributed by atoms with Crippen molar-refractivity contribution < 1.29 is 14.7 Å². The minimum Gasteiger partial charge on any atom is -0.478 e. The maximum Gasteiger partial charge on any atom is 0.335 e. The summed E-state index contributed by atoms with van der Waals surface area (Å²) < 4.78 is 1.08. The van der Waals surface area contributed by atoms with Crippen LogP contribution in [0.25, 0.3) is 16.8 Å². The Morgan fingerprint density at radius 1 is 1.20 bits per heavy atom. The Balaban J connectivity index is 2.22. The highest BCUT2D eigenvalue weighted by molar-refractivity contribution is 6.30. The van der Waals surface area contributed by atoms with E-state index in [4.69, 9.17) is 16.4 Å². The van der Waals surface area contributed by atoms with Crippen molar-refractivity contribution in [1.82, 2.24) is 4.73 Å². The van der Waals surface area contributed by atoms with Crippen LogP contribution >= 0.6 is 11.6 Å². The molecule has 0 saturated carbocycles. The van der Waals surface area contributed by atoms with E-state index in [0.717, 1.165) is 10.3 Å². The Morgan fingerprint density at radius 2 is 1.92 bits per heavy atom. The lowest BCUT2D eigenvalue weighted by Gasteiger charge is -2.10. The molecule has 6 heteroatoms. The molecule has 1 N–H and O–H groups in total. The van der Waals surface area contributed by atoms with Gasteiger partial charge in [-0.15, -0.1) is 4.73 Å². The molecule has 1 heterocycles. The van der Waals surface area contributed by atoms with Gasteiger partial charge >= 0.3 is 5.97 Å². The van der Waals surface area contributed by atoms with Gasteiger partial charge in [-0.25, -0.2) is 4.79 Å². The molecule has 3 rings (SSSR count). The third-order valence-corrected chi connectivity index (χ3v) is 4.02. The van der Waals surface area contributed by atoms with Gasteiger partial charge in [-0.1, -0.05) is 42.4 Å². The van der Waals surface area contributed by atoms with Crippen LogP contribution in [0.5, 0.6) is 5.75 Å². The van der Waals surface area contributed by atoms with Gasteiger partial charge in [-0.3, -0.25) is 4.79 Å². The predicted octanol–water partition coefficient (Wildman–Crippen LogP) is 3.85. The van der Waals surface area contributed by atoms with Crippen LogP contribution < -0.4 is 10.4 Å². The standard InChI is InChI=1S/C19H14ClNO4/c1-11-10-13(20)8-9-16(11)25-21-15-7-5-3-4-6-14(15)17(18(21)22)12(2)19(23)24/h3-10H,2H2,1H3,(H,23,24). The SMILES string of the molecule is C=C(C(=O)O)c1c2cccccc-2n(Oc2ccc(Cl)cc2C)c1=O. The summed E-state index contributed by atoms with van der Waals surface area (Å²) in [6, 6.07) is 13.6. The molecule has 126 valence electrons. The number of aliphatic carboxylic acids is 1. The maximum absolute atomic E-state index is 12.8. The zero-order chi connectivity index (χ0) is 18.1. The Labute approximate surface area is 148 Å². The molecular formula is C19H14ClNO4. The van der Waals surface area contributed by atoms with E-state index in [-0.39, 0.29) is 11.1 Å². The van der Waals surface area contributed by atoms with Crippen LogP contribution in [0.15, 0.2) is 59.9 Å². The average molecular weight is 356 g/mol. The van der Waals surface area contributed by atoms with Crippen LogP contribution in [0.4, 0.5) is 0 Å². The third-order valence-electron chi connectivity index (χ3n) is 3.79. The molecule has 0 saturated heterocycles. The smallest absolute Gasteiger partial charge is 0.335 e. The molecule has 1 aliphatic carbocycles. The number of hydrogen-bond donors (Lipinski definition) is 1. The molecule has 25 heavy (non-hydrogen) atoms. The minimum absolute atomic E-state index is 0.00492. The van der Waals surface area contributed by atoms with Gasteiger partial charge < -0.3 is 9.94 Å². The van der Waals surface area contributed by atoms with E-state index in [9.17, 15) is 14.7 Å². The number of aromatic nitrogens is 1. The second kappa shape index (κ2) is 6.45. The second-order valence-corrected chi connectivity index (χ2v) is 5.91. The number of aryl methyl sites for hydroxylation is 1. The number of rotatable bonds is 4. The fraction of sp³-hybridized carbons (Fsp3) is 0.0526. The van der Waals surface area contributed by atoms with Gasteiger partial charge in [0, 0.05) is 10.6 Å². The van der Waals surface area contributed by atoms with E-state index in [0.29, 0.717) is 22.0 Å². The molecule has 0 amide bonds. The summed E-state index contributed by atoms with van der Waals surface area (Å²) in [5.41, 5.74) is 0.785. The topological polar surface area (TPSA) is 68.5 Å². The van der Waals surface area contributed by atoms with Crippen molar-refractivity contribution in [3.63, 3.8) is 0 Å². The van der Waals surface area contributed by atoms with Crippen LogP contribution in [-0.4, -0.2) is 15.8 Å². The Morgan fingerprint density at radius 3 is 2.60 bits per heavy atom. The molecule has 5 nitrogen and oxygen atoms in total. The molecule has 0 unspecified atom stereocenters. The largest absolute Gasteiger partial charge is 0.478 e. The average Bonchev–Trinajstić information content (AvgIpc) is 2.71. The Kier molecular flexibility index (Phi) is 4.33. The lowest BCUT2D eigenvalue weighted by atomic mass is 10.0. The highest BCUT2D eigenvalue weighted by atomic mass is 35.5. The summed E-state index contributed by atoms with van der Waals surface area (Å²) in [6.07, 6.45) is 0. The normalized spacial score (nSPS) is 10.6. The van der Waals surface area contributed by atoms with Gasteiger partial charge in [0.25, 0.3) is 5.56 Å². The van der Waals surface area contributed by atoms with Gasteiger partial charge in [-0.05, 0) is 36.8 Å². The van der Waals surface area contributed by atoms with Crippen molar-refractivity contribution in [2.45, 2.75) is 6.92 Å². The first kappa shape index (κ1) is 16.8. The summed E-state index contributed by atoms with van der Waals surface area (Å²) in [5.74, 6) is -0.817. The third kappa shape index (κ3) is 3.02. The number of carboxylic acids is 1. The molecule has 0 aromatic heterocycles. The molecule has 1 aromatic carbocycles. The fourth-order valence-corrected chi connectivity index (χ4v) is 2.78. The number of carboxylic acid groups (broad SMARTS) is 1. The van der Waals surface area contributed by atoms with Gasteiger partial charge in [0.2, 0.25) is 0 Å².